The number of carbonyl (C=O) groups is 1. The SMILES string of the molecule is COc1c2c(cc3c1[C@@H](CC(O)=CC(C)=O)[NH+](C)CC3)OCO2. The second-order valence-corrected chi connectivity index (χ2v) is 6.07. The molecule has 1 unspecified atom stereocenters. The fourth-order valence-corrected chi connectivity index (χ4v) is 3.40. The number of ether oxygens (including phenoxy) is 3. The van der Waals surface area contributed by atoms with Gasteiger partial charge in [-0.15, -0.1) is 0 Å². The molecule has 3 rings (SSSR count). The normalized spacial score (nSPS) is 22.7. The molecule has 2 atom stereocenters. The van der Waals surface area contributed by atoms with Crippen LogP contribution in [0, 0.1) is 0 Å². The van der Waals surface area contributed by atoms with E-state index in [4.69, 9.17) is 14.2 Å². The quantitative estimate of drug-likeness (QED) is 0.639. The van der Waals surface area contributed by atoms with Gasteiger partial charge in [0, 0.05) is 12.5 Å². The van der Waals surface area contributed by atoms with E-state index in [1.165, 1.54) is 17.9 Å². The number of rotatable bonds is 4. The lowest BCUT2D eigenvalue weighted by Crippen LogP contribution is -3.10. The summed E-state index contributed by atoms with van der Waals surface area (Å²) in [4.78, 5) is 12.5. The number of allylic oxidation sites excluding steroid dienone is 1. The molecule has 1 aromatic rings. The lowest BCUT2D eigenvalue weighted by Gasteiger charge is -2.32. The van der Waals surface area contributed by atoms with Crippen LogP contribution in [0.1, 0.15) is 30.5 Å². The lowest BCUT2D eigenvalue weighted by atomic mass is 9.89. The molecule has 6 heteroatoms. The number of aliphatic hydroxyl groups is 1. The van der Waals surface area contributed by atoms with E-state index in [1.54, 1.807) is 7.11 Å². The van der Waals surface area contributed by atoms with Gasteiger partial charge in [-0.1, -0.05) is 0 Å². The molecule has 2 aliphatic heterocycles. The number of hydrogen-bond acceptors (Lipinski definition) is 5. The summed E-state index contributed by atoms with van der Waals surface area (Å²) in [5, 5.41) is 10.1. The predicted molar refractivity (Wildman–Crippen MR) is 83.3 cm³/mol. The Kier molecular flexibility index (Phi) is 4.17. The van der Waals surface area contributed by atoms with Crippen molar-refractivity contribution >= 4 is 5.78 Å². The minimum atomic E-state index is -0.158. The number of ketones is 1. The second kappa shape index (κ2) is 6.12. The molecule has 0 amide bonds. The standard InChI is InChI=1S/C17H21NO5/c1-10(19)6-12(20)8-13-15-11(4-5-18(13)2)7-14-16(17(15)21-3)23-9-22-14/h6-7,13,20H,4-5,8-9H2,1-3H3/p+1/t13-/m1/s1. The summed E-state index contributed by atoms with van der Waals surface area (Å²) < 4.78 is 16.7. The van der Waals surface area contributed by atoms with Gasteiger partial charge < -0.3 is 24.2 Å². The highest BCUT2D eigenvalue weighted by Gasteiger charge is 2.36. The van der Waals surface area contributed by atoms with Crippen LogP contribution in [-0.4, -0.2) is 38.4 Å². The maximum atomic E-state index is 11.2. The Bertz CT molecular complexity index is 667. The maximum absolute atomic E-state index is 11.2. The Morgan fingerprint density at radius 3 is 3.00 bits per heavy atom. The molecule has 0 aromatic heterocycles. The van der Waals surface area contributed by atoms with Gasteiger partial charge >= 0.3 is 0 Å². The highest BCUT2D eigenvalue weighted by atomic mass is 16.7. The Balaban J connectivity index is 2.05. The first-order valence-electron chi connectivity index (χ1n) is 7.73. The zero-order chi connectivity index (χ0) is 16.6. The van der Waals surface area contributed by atoms with Crippen molar-refractivity contribution < 1.29 is 29.0 Å². The molecule has 2 aliphatic rings. The monoisotopic (exact) mass is 320 g/mol. The van der Waals surface area contributed by atoms with E-state index >= 15 is 0 Å². The maximum Gasteiger partial charge on any atom is 0.231 e. The lowest BCUT2D eigenvalue weighted by molar-refractivity contribution is -0.914. The molecule has 0 saturated carbocycles. The van der Waals surface area contributed by atoms with Crippen molar-refractivity contribution in [2.75, 3.05) is 27.5 Å². The van der Waals surface area contributed by atoms with Crippen LogP contribution in [0.3, 0.4) is 0 Å². The third-order valence-corrected chi connectivity index (χ3v) is 4.46. The Labute approximate surface area is 135 Å². The van der Waals surface area contributed by atoms with Crippen LogP contribution in [0.4, 0.5) is 0 Å². The molecule has 0 saturated heterocycles. The molecular weight excluding hydrogens is 298 g/mol. The number of hydrogen-bond donors (Lipinski definition) is 2. The Morgan fingerprint density at radius 1 is 1.52 bits per heavy atom. The molecule has 2 N–H and O–H groups in total. The second-order valence-electron chi connectivity index (χ2n) is 6.07. The average Bonchev–Trinajstić information content (AvgIpc) is 2.95. The van der Waals surface area contributed by atoms with E-state index in [0.717, 1.165) is 24.1 Å². The van der Waals surface area contributed by atoms with Crippen molar-refractivity contribution in [3.8, 4) is 17.2 Å². The van der Waals surface area contributed by atoms with Crippen LogP contribution in [-0.2, 0) is 11.2 Å². The van der Waals surface area contributed by atoms with Gasteiger partial charge in [0.15, 0.2) is 17.3 Å². The minimum absolute atomic E-state index is 0.00111. The van der Waals surface area contributed by atoms with E-state index in [2.05, 4.69) is 7.05 Å². The fraction of sp³-hybridized carbons (Fsp3) is 0.471. The van der Waals surface area contributed by atoms with Crippen molar-refractivity contribution in [3.05, 3.63) is 29.0 Å². The van der Waals surface area contributed by atoms with Crippen LogP contribution in [0.15, 0.2) is 17.9 Å². The third kappa shape index (κ3) is 2.86. The van der Waals surface area contributed by atoms with Gasteiger partial charge in [-0.05, 0) is 18.6 Å². The number of aliphatic hydroxyl groups excluding tert-OH is 1. The molecule has 23 heavy (non-hydrogen) atoms. The molecule has 0 bridgehead atoms. The van der Waals surface area contributed by atoms with E-state index in [1.807, 2.05) is 6.07 Å². The zero-order valence-corrected chi connectivity index (χ0v) is 13.6. The van der Waals surface area contributed by atoms with Gasteiger partial charge in [-0.3, -0.25) is 4.79 Å². The number of carbonyl (C=O) groups excluding carboxylic acids is 1. The number of quaternary nitrogens is 1. The van der Waals surface area contributed by atoms with Crippen molar-refractivity contribution in [2.45, 2.75) is 25.8 Å². The summed E-state index contributed by atoms with van der Waals surface area (Å²) in [5.41, 5.74) is 2.18. The highest BCUT2D eigenvalue weighted by Crippen LogP contribution is 2.48. The third-order valence-electron chi connectivity index (χ3n) is 4.46. The molecule has 0 aliphatic carbocycles. The summed E-state index contributed by atoms with van der Waals surface area (Å²) in [6.07, 6.45) is 2.57. The smallest absolute Gasteiger partial charge is 0.231 e. The van der Waals surface area contributed by atoms with Crippen molar-refractivity contribution in [2.24, 2.45) is 0 Å². The average molecular weight is 320 g/mol. The molecular formula is C17H22NO5+. The largest absolute Gasteiger partial charge is 0.512 e. The van der Waals surface area contributed by atoms with Crippen molar-refractivity contribution in [3.63, 3.8) is 0 Å². The van der Waals surface area contributed by atoms with E-state index in [0.29, 0.717) is 23.7 Å². The van der Waals surface area contributed by atoms with E-state index in [-0.39, 0.29) is 24.4 Å². The molecule has 6 nitrogen and oxygen atoms in total. The van der Waals surface area contributed by atoms with Gasteiger partial charge in [0.2, 0.25) is 12.5 Å². The minimum Gasteiger partial charge on any atom is -0.512 e. The van der Waals surface area contributed by atoms with Gasteiger partial charge in [-0.25, -0.2) is 0 Å². The molecule has 0 radical (unpaired) electrons. The first-order valence-corrected chi connectivity index (χ1v) is 7.73. The predicted octanol–water partition coefficient (Wildman–Crippen LogP) is 0.957. The van der Waals surface area contributed by atoms with E-state index < -0.39 is 0 Å². The molecule has 1 aromatic carbocycles. The molecule has 0 fully saturated rings. The Hall–Kier alpha value is -2.21. The Morgan fingerprint density at radius 2 is 2.30 bits per heavy atom. The zero-order valence-electron chi connectivity index (χ0n) is 13.6. The number of likely N-dealkylation sites (N-methyl/N-ethyl adjacent to an activating group) is 1. The summed E-state index contributed by atoms with van der Waals surface area (Å²) in [6, 6.07) is 2.00. The summed E-state index contributed by atoms with van der Waals surface area (Å²) in [6.45, 7) is 2.56. The van der Waals surface area contributed by atoms with Gasteiger partial charge in [0.1, 0.15) is 11.8 Å². The topological polar surface area (TPSA) is 69.4 Å². The number of nitrogens with one attached hydrogen (secondary N) is 1. The van der Waals surface area contributed by atoms with Crippen molar-refractivity contribution in [1.29, 1.82) is 0 Å². The van der Waals surface area contributed by atoms with Crippen LogP contribution in [0.5, 0.6) is 17.2 Å². The van der Waals surface area contributed by atoms with Crippen LogP contribution in [0.25, 0.3) is 0 Å². The van der Waals surface area contributed by atoms with Crippen LogP contribution >= 0.6 is 0 Å². The molecule has 2 heterocycles. The molecule has 124 valence electrons. The number of methoxy groups -OCH3 is 1. The fourth-order valence-electron chi connectivity index (χ4n) is 3.40. The summed E-state index contributed by atoms with van der Waals surface area (Å²) in [5.74, 6) is 1.95. The highest BCUT2D eigenvalue weighted by molar-refractivity contribution is 5.87. The van der Waals surface area contributed by atoms with E-state index in [9.17, 15) is 9.90 Å². The van der Waals surface area contributed by atoms with Gasteiger partial charge in [-0.2, -0.15) is 0 Å². The van der Waals surface area contributed by atoms with Gasteiger partial charge in [0.05, 0.1) is 32.7 Å². The van der Waals surface area contributed by atoms with Crippen LogP contribution < -0.4 is 19.1 Å². The van der Waals surface area contributed by atoms with Crippen molar-refractivity contribution in [1.82, 2.24) is 0 Å². The summed E-state index contributed by atoms with van der Waals surface area (Å²) >= 11 is 0. The summed E-state index contributed by atoms with van der Waals surface area (Å²) in [7, 11) is 3.70. The first-order chi connectivity index (χ1) is 11.0. The number of benzene rings is 1. The number of fused-ring (bicyclic) bond motifs is 2. The van der Waals surface area contributed by atoms with Gasteiger partial charge in [0.25, 0.3) is 0 Å². The molecule has 0 spiro atoms. The first kappa shape index (κ1) is 15.7. The van der Waals surface area contributed by atoms with Crippen LogP contribution in [0.2, 0.25) is 0 Å².